The molecule has 3 heterocycles. The van der Waals surface area contributed by atoms with E-state index in [1.165, 1.54) is 0 Å². The van der Waals surface area contributed by atoms with Gasteiger partial charge in [-0.05, 0) is 50.7 Å². The lowest BCUT2D eigenvalue weighted by Crippen LogP contribution is -2.33. The van der Waals surface area contributed by atoms with Crippen molar-refractivity contribution in [2.45, 2.75) is 63.8 Å². The number of carbonyl (C=O) groups excluding carboxylic acids is 1. The van der Waals surface area contributed by atoms with Gasteiger partial charge in [0.05, 0.1) is 51.0 Å². The van der Waals surface area contributed by atoms with Crippen LogP contribution in [0.15, 0.2) is 24.3 Å². The summed E-state index contributed by atoms with van der Waals surface area (Å²) in [5, 5.41) is 0. The van der Waals surface area contributed by atoms with Gasteiger partial charge >= 0.3 is 0 Å². The van der Waals surface area contributed by atoms with Crippen LogP contribution in [0.2, 0.25) is 0 Å². The van der Waals surface area contributed by atoms with E-state index < -0.39 is 0 Å². The molecular weight excluding hydrogens is 488 g/mol. The molecule has 1 aromatic carbocycles. The molecule has 9 nitrogen and oxygen atoms in total. The Kier molecular flexibility index (Phi) is 12.6. The van der Waals surface area contributed by atoms with E-state index in [0.717, 1.165) is 96.0 Å². The number of unbranched alkanes of at least 4 members (excludes halogenated alkanes) is 3. The Morgan fingerprint density at radius 3 is 1.55 bits per heavy atom. The van der Waals surface area contributed by atoms with Gasteiger partial charge in [-0.15, -0.1) is 0 Å². The Labute approximate surface area is 227 Å². The molecule has 0 bridgehead atoms. The van der Waals surface area contributed by atoms with Crippen molar-refractivity contribution >= 4 is 17.3 Å². The van der Waals surface area contributed by atoms with Crippen LogP contribution in [0.1, 0.15) is 45.4 Å². The van der Waals surface area contributed by atoms with Gasteiger partial charge in [0.25, 0.3) is 0 Å². The first-order valence-corrected chi connectivity index (χ1v) is 14.4. The molecule has 0 radical (unpaired) electrons. The summed E-state index contributed by atoms with van der Waals surface area (Å²) in [6.07, 6.45) is 6.76. The molecule has 0 spiro atoms. The Bertz CT molecular complexity index is 790. The average molecular weight is 535 g/mol. The van der Waals surface area contributed by atoms with Crippen LogP contribution < -0.4 is 9.80 Å². The van der Waals surface area contributed by atoms with E-state index in [-0.39, 0.29) is 5.91 Å². The molecule has 0 N–H and O–H groups in total. The lowest BCUT2D eigenvalue weighted by atomic mass is 10.1. The molecule has 3 aliphatic rings. The lowest BCUT2D eigenvalue weighted by Gasteiger charge is -2.31. The minimum atomic E-state index is 0.0658. The molecule has 38 heavy (non-hydrogen) atoms. The number of amides is 1. The topological polar surface area (TPSA) is 88.8 Å². The zero-order valence-electron chi connectivity index (χ0n) is 23.0. The molecule has 9 heteroatoms. The SMILES string of the molecule is CC(=O)N(CCCCOCC1CO1)c1ccccc1N(CCCCOCC1CO1)CCCCOCC1CO1. The van der Waals surface area contributed by atoms with Gasteiger partial charge in [0.2, 0.25) is 5.91 Å². The van der Waals surface area contributed by atoms with Crippen LogP contribution >= 0.6 is 0 Å². The Morgan fingerprint density at radius 2 is 1.13 bits per heavy atom. The van der Waals surface area contributed by atoms with Crippen molar-refractivity contribution < 1.29 is 33.2 Å². The first-order valence-electron chi connectivity index (χ1n) is 14.4. The number of benzene rings is 1. The molecule has 0 aromatic heterocycles. The molecule has 1 aromatic rings. The van der Waals surface area contributed by atoms with Crippen molar-refractivity contribution in [3.05, 3.63) is 24.3 Å². The molecule has 3 aliphatic heterocycles. The van der Waals surface area contributed by atoms with Crippen LogP contribution in [0.3, 0.4) is 0 Å². The number of anilines is 2. The van der Waals surface area contributed by atoms with E-state index in [1.54, 1.807) is 6.92 Å². The summed E-state index contributed by atoms with van der Waals surface area (Å²) in [4.78, 5) is 17.1. The van der Waals surface area contributed by atoms with Crippen molar-refractivity contribution in [3.63, 3.8) is 0 Å². The second-order valence-corrected chi connectivity index (χ2v) is 10.4. The van der Waals surface area contributed by atoms with Gasteiger partial charge < -0.3 is 38.2 Å². The predicted octanol–water partition coefficient (Wildman–Crippen LogP) is 3.43. The van der Waals surface area contributed by atoms with Crippen LogP contribution in [0, 0.1) is 0 Å². The van der Waals surface area contributed by atoms with Crippen molar-refractivity contribution in [2.75, 3.05) is 88.9 Å². The monoisotopic (exact) mass is 534 g/mol. The maximum absolute atomic E-state index is 12.7. The molecule has 3 saturated heterocycles. The summed E-state index contributed by atoms with van der Waals surface area (Å²) in [7, 11) is 0. The second-order valence-electron chi connectivity index (χ2n) is 10.4. The first-order chi connectivity index (χ1) is 18.7. The lowest BCUT2D eigenvalue weighted by molar-refractivity contribution is -0.116. The summed E-state index contributed by atoms with van der Waals surface area (Å²) in [6.45, 7) is 10.9. The highest BCUT2D eigenvalue weighted by molar-refractivity contribution is 5.95. The molecule has 214 valence electrons. The number of ether oxygens (including phenoxy) is 6. The first kappa shape index (κ1) is 29.2. The molecule has 0 aliphatic carbocycles. The van der Waals surface area contributed by atoms with Crippen LogP contribution in [0.25, 0.3) is 0 Å². The van der Waals surface area contributed by atoms with Crippen molar-refractivity contribution in [3.8, 4) is 0 Å². The number of para-hydroxylation sites is 2. The quantitative estimate of drug-likeness (QED) is 0.156. The fourth-order valence-corrected chi connectivity index (χ4v) is 4.38. The minimum Gasteiger partial charge on any atom is -0.379 e. The van der Waals surface area contributed by atoms with E-state index >= 15 is 0 Å². The van der Waals surface area contributed by atoms with E-state index in [2.05, 4.69) is 23.1 Å². The Balaban J connectivity index is 1.28. The zero-order valence-corrected chi connectivity index (χ0v) is 23.0. The third-order valence-electron chi connectivity index (χ3n) is 6.87. The van der Waals surface area contributed by atoms with Gasteiger partial charge in [-0.25, -0.2) is 0 Å². The van der Waals surface area contributed by atoms with Crippen LogP contribution in [0.5, 0.6) is 0 Å². The molecule has 1 amide bonds. The fraction of sp³-hybridized carbons (Fsp3) is 0.759. The third-order valence-corrected chi connectivity index (χ3v) is 6.87. The van der Waals surface area contributed by atoms with E-state index in [0.29, 0.717) is 51.3 Å². The largest absolute Gasteiger partial charge is 0.379 e. The summed E-state index contributed by atoms with van der Waals surface area (Å²) >= 11 is 0. The maximum atomic E-state index is 12.7. The van der Waals surface area contributed by atoms with E-state index in [1.807, 2.05) is 11.0 Å². The van der Waals surface area contributed by atoms with Gasteiger partial charge in [-0.2, -0.15) is 0 Å². The number of nitrogens with zero attached hydrogens (tertiary/aromatic N) is 2. The standard InChI is InChI=1S/C29H46N2O7/c1-24(32)31(14-6-9-17-35-20-27-23-38-27)29-11-3-2-10-28(29)30(12-4-7-15-33-18-25-21-36-25)13-5-8-16-34-19-26-22-37-26/h2-3,10-11,25-27H,4-9,12-23H2,1H3. The number of rotatable bonds is 23. The summed E-state index contributed by atoms with van der Waals surface area (Å²) in [6, 6.07) is 8.30. The molecule has 3 atom stereocenters. The highest BCUT2D eigenvalue weighted by Gasteiger charge is 2.24. The smallest absolute Gasteiger partial charge is 0.223 e. The van der Waals surface area contributed by atoms with Gasteiger partial charge in [0.1, 0.15) is 18.3 Å². The normalized spacial score (nSPS) is 21.3. The van der Waals surface area contributed by atoms with Gasteiger partial charge in [-0.3, -0.25) is 4.79 Å². The van der Waals surface area contributed by atoms with Crippen LogP contribution in [-0.4, -0.2) is 103 Å². The fourth-order valence-electron chi connectivity index (χ4n) is 4.38. The van der Waals surface area contributed by atoms with Gasteiger partial charge in [0.15, 0.2) is 0 Å². The zero-order chi connectivity index (χ0) is 26.4. The van der Waals surface area contributed by atoms with Gasteiger partial charge in [-0.1, -0.05) is 12.1 Å². The molecule has 3 unspecified atom stereocenters. The van der Waals surface area contributed by atoms with Crippen molar-refractivity contribution in [2.24, 2.45) is 0 Å². The molecular formula is C29H46N2O7. The highest BCUT2D eigenvalue weighted by atomic mass is 16.6. The minimum absolute atomic E-state index is 0.0658. The highest BCUT2D eigenvalue weighted by Crippen LogP contribution is 2.30. The Morgan fingerprint density at radius 1 is 0.711 bits per heavy atom. The van der Waals surface area contributed by atoms with E-state index in [9.17, 15) is 4.79 Å². The summed E-state index contributed by atoms with van der Waals surface area (Å²) < 4.78 is 32.8. The summed E-state index contributed by atoms with van der Waals surface area (Å²) in [5.74, 6) is 0.0658. The molecule has 3 fully saturated rings. The maximum Gasteiger partial charge on any atom is 0.223 e. The van der Waals surface area contributed by atoms with Crippen LogP contribution in [0.4, 0.5) is 11.4 Å². The van der Waals surface area contributed by atoms with Crippen molar-refractivity contribution in [1.82, 2.24) is 0 Å². The number of epoxide rings is 3. The van der Waals surface area contributed by atoms with Gasteiger partial charge in [0, 0.05) is 46.4 Å². The van der Waals surface area contributed by atoms with Crippen molar-refractivity contribution in [1.29, 1.82) is 0 Å². The summed E-state index contributed by atoms with van der Waals surface area (Å²) in [5.41, 5.74) is 2.10. The average Bonchev–Trinajstić information content (AvgIpc) is 3.75. The third kappa shape index (κ3) is 11.6. The predicted molar refractivity (Wildman–Crippen MR) is 146 cm³/mol. The second kappa shape index (κ2) is 16.4. The molecule has 0 saturated carbocycles. The number of carbonyl (C=O) groups is 1. The van der Waals surface area contributed by atoms with Crippen LogP contribution in [-0.2, 0) is 33.2 Å². The molecule has 4 rings (SSSR count). The number of hydrogen-bond donors (Lipinski definition) is 0. The number of hydrogen-bond acceptors (Lipinski definition) is 8. The Hall–Kier alpha value is -1.75. The van der Waals surface area contributed by atoms with E-state index in [4.69, 9.17) is 28.4 Å².